The van der Waals surface area contributed by atoms with Gasteiger partial charge in [0.05, 0.1) is 11.8 Å². The molecule has 0 unspecified atom stereocenters. The van der Waals surface area contributed by atoms with Crippen molar-refractivity contribution in [2.24, 2.45) is 0 Å². The van der Waals surface area contributed by atoms with Crippen LogP contribution in [-0.2, 0) is 16.7 Å². The Kier molecular flexibility index (Phi) is 7.45. The summed E-state index contributed by atoms with van der Waals surface area (Å²) < 4.78 is 27.4. The van der Waals surface area contributed by atoms with Gasteiger partial charge in [-0.15, -0.1) is 0 Å². The van der Waals surface area contributed by atoms with Gasteiger partial charge in [0.1, 0.15) is 0 Å². The number of carbonyl (C=O) groups is 1. The van der Waals surface area contributed by atoms with E-state index in [2.05, 4.69) is 5.32 Å². The molecule has 0 heterocycles. The lowest BCUT2D eigenvalue weighted by atomic mass is 10.1. The topological polar surface area (TPSA) is 72.5 Å². The van der Waals surface area contributed by atoms with Crippen LogP contribution in [0, 0.1) is 6.92 Å². The molecule has 0 radical (unpaired) electrons. The number of nitrogens with one attached hydrogen (secondary N) is 1. The Morgan fingerprint density at radius 3 is 2.33 bits per heavy atom. The summed E-state index contributed by atoms with van der Waals surface area (Å²) >= 11 is 0. The van der Waals surface area contributed by atoms with Crippen LogP contribution < -0.4 is 9.50 Å². The van der Waals surface area contributed by atoms with E-state index in [1.807, 2.05) is 51.1 Å². The highest BCUT2D eigenvalue weighted by molar-refractivity contribution is 7.86. The number of aryl methyl sites for hydroxylation is 1. The lowest BCUT2D eigenvalue weighted by Crippen LogP contribution is -2.24. The Hall–Kier alpha value is -2.34. The SMILES string of the molecule is CC.Cc1ccc(OS(C)(=O)=O)c(C(=O)NCc2ccccc2)c1.[HH]. The molecule has 2 aromatic carbocycles. The summed E-state index contributed by atoms with van der Waals surface area (Å²) in [7, 11) is -3.69. The predicted octanol–water partition coefficient (Wildman–Crippen LogP) is 3.54. The molecule has 1 amide bonds. The van der Waals surface area contributed by atoms with E-state index in [-0.39, 0.29) is 18.6 Å². The average Bonchev–Trinajstić information content (AvgIpc) is 2.56. The lowest BCUT2D eigenvalue weighted by molar-refractivity contribution is 0.0949. The normalized spacial score (nSPS) is 10.3. The third kappa shape index (κ3) is 6.42. The second-order valence-corrected chi connectivity index (χ2v) is 6.53. The first-order valence-corrected chi connectivity index (χ1v) is 9.49. The van der Waals surface area contributed by atoms with E-state index in [0.717, 1.165) is 17.4 Å². The third-order valence-corrected chi connectivity index (χ3v) is 3.40. The fourth-order valence-electron chi connectivity index (χ4n) is 1.93. The first-order chi connectivity index (χ1) is 11.3. The summed E-state index contributed by atoms with van der Waals surface area (Å²) in [5, 5.41) is 2.75. The standard InChI is InChI=1S/C16H17NO4S.C2H6.H2/c1-12-8-9-15(21-22(2,19)20)14(10-12)16(18)17-11-13-6-4-3-5-7-13;1-2;/h3-10H,11H2,1-2H3,(H,17,18);1-2H3;1H. The van der Waals surface area contributed by atoms with Gasteiger partial charge in [0.2, 0.25) is 0 Å². The van der Waals surface area contributed by atoms with E-state index < -0.39 is 10.1 Å². The Bertz CT molecular complexity index is 777. The molecule has 0 spiro atoms. The number of benzene rings is 2. The van der Waals surface area contributed by atoms with Crippen molar-refractivity contribution in [3.63, 3.8) is 0 Å². The molecule has 6 heteroatoms. The van der Waals surface area contributed by atoms with Crippen molar-refractivity contribution in [2.45, 2.75) is 27.3 Å². The maximum atomic E-state index is 12.3. The van der Waals surface area contributed by atoms with Gasteiger partial charge in [-0.1, -0.05) is 55.8 Å². The molecule has 0 aromatic heterocycles. The van der Waals surface area contributed by atoms with Gasteiger partial charge in [-0.3, -0.25) is 4.79 Å². The minimum atomic E-state index is -3.69. The number of hydrogen-bond donors (Lipinski definition) is 1. The van der Waals surface area contributed by atoms with Crippen molar-refractivity contribution in [2.75, 3.05) is 6.26 Å². The number of hydrogen-bond acceptors (Lipinski definition) is 4. The molecule has 0 fully saturated rings. The molecule has 0 aliphatic heterocycles. The van der Waals surface area contributed by atoms with Crippen molar-refractivity contribution in [3.05, 3.63) is 65.2 Å². The molecule has 5 nitrogen and oxygen atoms in total. The van der Waals surface area contributed by atoms with Crippen LogP contribution in [0.2, 0.25) is 0 Å². The summed E-state index contributed by atoms with van der Waals surface area (Å²) in [5.74, 6) is -0.357. The first-order valence-electron chi connectivity index (χ1n) is 7.67. The molecule has 2 rings (SSSR count). The second kappa shape index (κ2) is 9.08. The molecular weight excluding hydrogens is 326 g/mol. The summed E-state index contributed by atoms with van der Waals surface area (Å²) in [6.07, 6.45) is 0.943. The number of rotatable bonds is 5. The Labute approximate surface area is 145 Å². The van der Waals surface area contributed by atoms with Crippen LogP contribution in [0.15, 0.2) is 48.5 Å². The van der Waals surface area contributed by atoms with Crippen molar-refractivity contribution < 1.29 is 18.8 Å². The molecule has 0 atom stereocenters. The molecule has 132 valence electrons. The molecular formula is C18H25NO4S. The van der Waals surface area contributed by atoms with Crippen molar-refractivity contribution >= 4 is 16.0 Å². The van der Waals surface area contributed by atoms with Crippen LogP contribution in [0.3, 0.4) is 0 Å². The summed E-state index contributed by atoms with van der Waals surface area (Å²) in [6.45, 7) is 6.17. The van der Waals surface area contributed by atoms with E-state index in [9.17, 15) is 13.2 Å². The highest BCUT2D eigenvalue weighted by Gasteiger charge is 2.16. The Morgan fingerprint density at radius 1 is 1.12 bits per heavy atom. The van der Waals surface area contributed by atoms with Gasteiger partial charge in [0.15, 0.2) is 5.75 Å². The Morgan fingerprint density at radius 2 is 1.75 bits per heavy atom. The molecule has 1 N–H and O–H groups in total. The van der Waals surface area contributed by atoms with Gasteiger partial charge >= 0.3 is 10.1 Å². The van der Waals surface area contributed by atoms with E-state index in [1.165, 1.54) is 6.07 Å². The largest absolute Gasteiger partial charge is 0.382 e. The third-order valence-electron chi connectivity index (χ3n) is 2.92. The van der Waals surface area contributed by atoms with Gasteiger partial charge in [-0.05, 0) is 24.6 Å². The lowest BCUT2D eigenvalue weighted by Gasteiger charge is -2.11. The fourth-order valence-corrected chi connectivity index (χ4v) is 2.40. The van der Waals surface area contributed by atoms with Crippen molar-refractivity contribution in [1.29, 1.82) is 0 Å². The maximum absolute atomic E-state index is 12.3. The highest BCUT2D eigenvalue weighted by atomic mass is 32.2. The van der Waals surface area contributed by atoms with Gasteiger partial charge in [-0.2, -0.15) is 8.42 Å². The molecule has 0 aliphatic rings. The molecule has 0 saturated heterocycles. The van der Waals surface area contributed by atoms with Crippen molar-refractivity contribution in [3.8, 4) is 5.75 Å². The Balaban J connectivity index is 0.00000185. The van der Waals surface area contributed by atoms with Crippen LogP contribution in [0.1, 0.15) is 36.8 Å². The van der Waals surface area contributed by atoms with E-state index in [4.69, 9.17) is 4.18 Å². The minimum absolute atomic E-state index is 0. The molecule has 0 bridgehead atoms. The molecule has 0 saturated carbocycles. The number of carbonyl (C=O) groups excluding carboxylic acids is 1. The zero-order valence-electron chi connectivity index (χ0n) is 14.4. The van der Waals surface area contributed by atoms with Crippen LogP contribution in [0.25, 0.3) is 0 Å². The predicted molar refractivity (Wildman–Crippen MR) is 97.7 cm³/mol. The van der Waals surface area contributed by atoms with Gasteiger partial charge in [0, 0.05) is 7.97 Å². The van der Waals surface area contributed by atoms with Gasteiger partial charge < -0.3 is 9.50 Å². The molecule has 0 aliphatic carbocycles. The molecule has 2 aromatic rings. The average molecular weight is 351 g/mol. The van der Waals surface area contributed by atoms with E-state index >= 15 is 0 Å². The van der Waals surface area contributed by atoms with Gasteiger partial charge in [-0.25, -0.2) is 0 Å². The van der Waals surface area contributed by atoms with Crippen LogP contribution in [0.5, 0.6) is 5.75 Å². The van der Waals surface area contributed by atoms with Crippen LogP contribution >= 0.6 is 0 Å². The quantitative estimate of drug-likeness (QED) is 0.836. The van der Waals surface area contributed by atoms with Crippen molar-refractivity contribution in [1.82, 2.24) is 5.32 Å². The van der Waals surface area contributed by atoms with E-state index in [0.29, 0.717) is 6.54 Å². The first kappa shape index (κ1) is 19.7. The maximum Gasteiger partial charge on any atom is 0.306 e. The highest BCUT2D eigenvalue weighted by Crippen LogP contribution is 2.21. The minimum Gasteiger partial charge on any atom is -0.382 e. The fraction of sp³-hybridized carbons (Fsp3) is 0.278. The number of amides is 1. The summed E-state index contributed by atoms with van der Waals surface area (Å²) in [4.78, 5) is 12.3. The molecule has 24 heavy (non-hydrogen) atoms. The zero-order chi connectivity index (χ0) is 18.2. The van der Waals surface area contributed by atoms with E-state index in [1.54, 1.807) is 12.1 Å². The van der Waals surface area contributed by atoms with Crippen LogP contribution in [0.4, 0.5) is 0 Å². The smallest absolute Gasteiger partial charge is 0.306 e. The summed E-state index contributed by atoms with van der Waals surface area (Å²) in [6, 6.07) is 14.2. The second-order valence-electron chi connectivity index (χ2n) is 4.96. The summed E-state index contributed by atoms with van der Waals surface area (Å²) in [5.41, 5.74) is 1.99. The van der Waals surface area contributed by atoms with Crippen LogP contribution in [-0.4, -0.2) is 20.6 Å². The zero-order valence-corrected chi connectivity index (χ0v) is 15.2. The monoisotopic (exact) mass is 351 g/mol. The van der Waals surface area contributed by atoms with Gasteiger partial charge in [0.25, 0.3) is 5.91 Å².